The van der Waals surface area contributed by atoms with Gasteiger partial charge in [-0.2, -0.15) is 0 Å². The van der Waals surface area contributed by atoms with Crippen LogP contribution >= 0.6 is 0 Å². The lowest BCUT2D eigenvalue weighted by Gasteiger charge is -2.24. The second-order valence-corrected chi connectivity index (χ2v) is 6.46. The molecule has 2 amide bonds. The van der Waals surface area contributed by atoms with E-state index in [1.165, 1.54) is 12.1 Å². The Balaban J connectivity index is 1.61. The van der Waals surface area contributed by atoms with Crippen molar-refractivity contribution in [3.8, 4) is 0 Å². The van der Waals surface area contributed by atoms with Crippen LogP contribution in [-0.4, -0.2) is 47.8 Å². The van der Waals surface area contributed by atoms with Gasteiger partial charge in [-0.3, -0.25) is 9.59 Å². The lowest BCUT2D eigenvalue weighted by Crippen LogP contribution is -2.39. The lowest BCUT2D eigenvalue weighted by atomic mass is 10.1. The molecule has 3 rings (SSSR count). The van der Waals surface area contributed by atoms with E-state index in [1.807, 2.05) is 4.90 Å². The highest BCUT2D eigenvalue weighted by atomic mass is 19.1. The third kappa shape index (κ3) is 3.71. The molecular weight excluding hydrogens is 295 g/mol. The number of rotatable bonds is 2. The molecule has 0 atom stereocenters. The molecule has 5 heteroatoms. The van der Waals surface area contributed by atoms with Crippen LogP contribution in [0.1, 0.15) is 42.5 Å². The van der Waals surface area contributed by atoms with Gasteiger partial charge in [0.25, 0.3) is 5.91 Å². The summed E-state index contributed by atoms with van der Waals surface area (Å²) in [4.78, 5) is 28.7. The van der Waals surface area contributed by atoms with Gasteiger partial charge in [-0.05, 0) is 37.5 Å². The van der Waals surface area contributed by atoms with E-state index >= 15 is 0 Å². The van der Waals surface area contributed by atoms with Crippen LogP contribution in [-0.2, 0) is 4.79 Å². The van der Waals surface area contributed by atoms with Gasteiger partial charge in [-0.15, -0.1) is 0 Å². The maximum absolute atomic E-state index is 13.3. The van der Waals surface area contributed by atoms with Gasteiger partial charge < -0.3 is 9.80 Å². The molecule has 2 fully saturated rings. The molecule has 1 aliphatic carbocycles. The quantitative estimate of drug-likeness (QED) is 0.841. The van der Waals surface area contributed by atoms with Gasteiger partial charge >= 0.3 is 0 Å². The number of hydrogen-bond acceptors (Lipinski definition) is 2. The van der Waals surface area contributed by atoms with Gasteiger partial charge in [-0.1, -0.05) is 18.9 Å². The number of carbonyl (C=O) groups is 2. The molecule has 0 bridgehead atoms. The van der Waals surface area contributed by atoms with Crippen molar-refractivity contribution in [3.05, 3.63) is 35.6 Å². The predicted molar refractivity (Wildman–Crippen MR) is 85.5 cm³/mol. The summed E-state index contributed by atoms with van der Waals surface area (Å²) in [5.74, 6) is -0.119. The fraction of sp³-hybridized carbons (Fsp3) is 0.556. The zero-order valence-corrected chi connectivity index (χ0v) is 13.3. The summed E-state index contributed by atoms with van der Waals surface area (Å²) in [5.41, 5.74) is 0.376. The van der Waals surface area contributed by atoms with Gasteiger partial charge in [0, 0.05) is 37.7 Å². The number of nitrogens with zero attached hydrogens (tertiary/aromatic N) is 2. The van der Waals surface area contributed by atoms with Crippen LogP contribution in [0.2, 0.25) is 0 Å². The third-order valence-electron chi connectivity index (χ3n) is 4.87. The van der Waals surface area contributed by atoms with Crippen molar-refractivity contribution >= 4 is 11.8 Å². The van der Waals surface area contributed by atoms with E-state index in [0.29, 0.717) is 31.7 Å². The molecule has 2 aliphatic rings. The molecule has 0 spiro atoms. The van der Waals surface area contributed by atoms with Crippen LogP contribution in [0.3, 0.4) is 0 Å². The first kappa shape index (κ1) is 16.0. The fourth-order valence-corrected chi connectivity index (χ4v) is 3.58. The Bertz CT molecular complexity index is 584. The Hall–Kier alpha value is -1.91. The summed E-state index contributed by atoms with van der Waals surface area (Å²) in [6, 6.07) is 5.80. The Morgan fingerprint density at radius 2 is 1.65 bits per heavy atom. The Kier molecular flexibility index (Phi) is 4.94. The highest BCUT2D eigenvalue weighted by Gasteiger charge is 2.29. The first-order chi connectivity index (χ1) is 11.1. The fourth-order valence-electron chi connectivity index (χ4n) is 3.58. The Morgan fingerprint density at radius 1 is 0.957 bits per heavy atom. The second kappa shape index (κ2) is 7.11. The summed E-state index contributed by atoms with van der Waals surface area (Å²) in [6.45, 7) is 2.43. The van der Waals surface area contributed by atoms with E-state index in [9.17, 15) is 14.0 Å². The molecule has 0 N–H and O–H groups in total. The minimum atomic E-state index is -0.399. The highest BCUT2D eigenvalue weighted by molar-refractivity contribution is 5.94. The first-order valence-electron chi connectivity index (χ1n) is 8.49. The maximum Gasteiger partial charge on any atom is 0.254 e. The maximum atomic E-state index is 13.3. The standard InChI is InChI=1S/C18H23FN2O2/c19-16-8-3-7-15(13-16)18(23)21-10-4-9-20(11-12-21)17(22)14-5-1-2-6-14/h3,7-8,13-14H,1-2,4-6,9-12H2. The van der Waals surface area contributed by atoms with E-state index in [0.717, 1.165) is 32.1 Å². The van der Waals surface area contributed by atoms with Gasteiger partial charge in [0.1, 0.15) is 5.82 Å². The number of hydrogen-bond donors (Lipinski definition) is 0. The molecule has 23 heavy (non-hydrogen) atoms. The van der Waals surface area contributed by atoms with Crippen LogP contribution in [0.4, 0.5) is 4.39 Å². The molecule has 1 aliphatic heterocycles. The molecule has 4 nitrogen and oxygen atoms in total. The third-order valence-corrected chi connectivity index (χ3v) is 4.87. The van der Waals surface area contributed by atoms with Crippen molar-refractivity contribution in [2.24, 2.45) is 5.92 Å². The van der Waals surface area contributed by atoms with Gasteiger partial charge in [0.05, 0.1) is 0 Å². The zero-order valence-electron chi connectivity index (χ0n) is 13.3. The van der Waals surface area contributed by atoms with Crippen molar-refractivity contribution in [1.82, 2.24) is 9.80 Å². The summed E-state index contributed by atoms with van der Waals surface area (Å²) in [5, 5.41) is 0. The predicted octanol–water partition coefficient (Wildman–Crippen LogP) is 2.69. The van der Waals surface area contributed by atoms with Crippen LogP contribution in [0, 0.1) is 11.7 Å². The average Bonchev–Trinajstić information content (AvgIpc) is 2.98. The molecule has 1 saturated carbocycles. The van der Waals surface area contributed by atoms with Crippen LogP contribution in [0.25, 0.3) is 0 Å². The summed E-state index contributed by atoms with van der Waals surface area (Å²) >= 11 is 0. The van der Waals surface area contributed by atoms with Crippen molar-refractivity contribution in [2.75, 3.05) is 26.2 Å². The topological polar surface area (TPSA) is 40.6 Å². The highest BCUT2D eigenvalue weighted by Crippen LogP contribution is 2.27. The van der Waals surface area contributed by atoms with Crippen molar-refractivity contribution in [1.29, 1.82) is 0 Å². The number of halogens is 1. The van der Waals surface area contributed by atoms with Crippen molar-refractivity contribution < 1.29 is 14.0 Å². The molecule has 0 radical (unpaired) electrons. The van der Waals surface area contributed by atoms with E-state index < -0.39 is 5.82 Å². The molecule has 124 valence electrons. The van der Waals surface area contributed by atoms with E-state index in [4.69, 9.17) is 0 Å². The van der Waals surface area contributed by atoms with E-state index in [-0.39, 0.29) is 17.7 Å². The average molecular weight is 318 g/mol. The van der Waals surface area contributed by atoms with Gasteiger partial charge in [0.15, 0.2) is 0 Å². The molecule has 1 aromatic carbocycles. The number of amides is 2. The molecular formula is C18H23FN2O2. The summed E-state index contributed by atoms with van der Waals surface area (Å²) in [6.07, 6.45) is 5.07. The smallest absolute Gasteiger partial charge is 0.254 e. The van der Waals surface area contributed by atoms with Crippen molar-refractivity contribution in [3.63, 3.8) is 0 Å². The zero-order chi connectivity index (χ0) is 16.2. The minimum absolute atomic E-state index is 0.153. The minimum Gasteiger partial charge on any atom is -0.341 e. The molecule has 0 aromatic heterocycles. The monoisotopic (exact) mass is 318 g/mol. The van der Waals surface area contributed by atoms with Crippen molar-refractivity contribution in [2.45, 2.75) is 32.1 Å². The molecule has 1 heterocycles. The van der Waals surface area contributed by atoms with Crippen LogP contribution in [0.5, 0.6) is 0 Å². The summed E-state index contributed by atoms with van der Waals surface area (Å²) in [7, 11) is 0. The van der Waals surface area contributed by atoms with Gasteiger partial charge in [-0.25, -0.2) is 4.39 Å². The normalized spacial score (nSPS) is 19.7. The van der Waals surface area contributed by atoms with Crippen LogP contribution < -0.4 is 0 Å². The molecule has 0 unspecified atom stereocenters. The Morgan fingerprint density at radius 3 is 2.39 bits per heavy atom. The number of carbonyl (C=O) groups excluding carboxylic acids is 2. The first-order valence-corrected chi connectivity index (χ1v) is 8.49. The molecule has 1 aromatic rings. The Labute approximate surface area is 136 Å². The second-order valence-electron chi connectivity index (χ2n) is 6.46. The lowest BCUT2D eigenvalue weighted by molar-refractivity contribution is -0.135. The largest absolute Gasteiger partial charge is 0.341 e. The van der Waals surface area contributed by atoms with E-state index in [2.05, 4.69) is 0 Å². The van der Waals surface area contributed by atoms with E-state index in [1.54, 1.807) is 17.0 Å². The summed E-state index contributed by atoms with van der Waals surface area (Å²) < 4.78 is 13.3. The number of benzene rings is 1. The van der Waals surface area contributed by atoms with Gasteiger partial charge in [0.2, 0.25) is 5.91 Å². The van der Waals surface area contributed by atoms with Crippen LogP contribution in [0.15, 0.2) is 24.3 Å². The molecule has 1 saturated heterocycles. The SMILES string of the molecule is O=C(c1cccc(F)c1)N1CCCN(C(=O)C2CCCC2)CC1.